The fourth-order valence-electron chi connectivity index (χ4n) is 1.96. The van der Waals surface area contributed by atoms with Gasteiger partial charge in [-0.3, -0.25) is 4.98 Å². The number of fused-ring (bicyclic) bond motifs is 1. The van der Waals surface area contributed by atoms with E-state index in [1.165, 1.54) is 0 Å². The van der Waals surface area contributed by atoms with E-state index in [1.807, 2.05) is 19.3 Å². The van der Waals surface area contributed by atoms with Crippen molar-refractivity contribution in [2.24, 2.45) is 7.05 Å². The van der Waals surface area contributed by atoms with Crippen molar-refractivity contribution < 1.29 is 9.90 Å². The summed E-state index contributed by atoms with van der Waals surface area (Å²) >= 11 is 0. The van der Waals surface area contributed by atoms with Gasteiger partial charge < -0.3 is 9.67 Å². The van der Waals surface area contributed by atoms with Crippen LogP contribution in [0.25, 0.3) is 22.3 Å². The van der Waals surface area contributed by atoms with Gasteiger partial charge in [0.25, 0.3) is 0 Å². The molecule has 0 fully saturated rings. The number of rotatable bonds is 2. The Morgan fingerprint density at radius 1 is 1.21 bits per heavy atom. The van der Waals surface area contributed by atoms with Gasteiger partial charge in [0.2, 0.25) is 5.82 Å². The minimum absolute atomic E-state index is 0.207. The van der Waals surface area contributed by atoms with Crippen molar-refractivity contribution in [1.29, 1.82) is 0 Å². The molecule has 94 valence electrons. The summed E-state index contributed by atoms with van der Waals surface area (Å²) in [6.45, 7) is 0. The Balaban J connectivity index is 2.37. The van der Waals surface area contributed by atoms with Crippen LogP contribution < -0.4 is 0 Å². The van der Waals surface area contributed by atoms with E-state index in [4.69, 9.17) is 5.11 Å². The van der Waals surface area contributed by atoms with Gasteiger partial charge in [0.05, 0.1) is 5.69 Å². The van der Waals surface area contributed by atoms with E-state index in [0.29, 0.717) is 11.3 Å². The van der Waals surface area contributed by atoms with Crippen LogP contribution in [0.5, 0.6) is 0 Å². The molecule has 6 nitrogen and oxygen atoms in total. The summed E-state index contributed by atoms with van der Waals surface area (Å²) < 4.78 is 1.77. The fourth-order valence-corrected chi connectivity index (χ4v) is 1.96. The van der Waals surface area contributed by atoms with Crippen LogP contribution in [0.1, 0.15) is 10.6 Å². The van der Waals surface area contributed by atoms with Crippen LogP contribution in [0.2, 0.25) is 0 Å². The largest absolute Gasteiger partial charge is 0.475 e. The lowest BCUT2D eigenvalue weighted by atomic mass is 10.1. The molecule has 0 saturated heterocycles. The normalized spacial score (nSPS) is 10.8. The molecule has 0 radical (unpaired) electrons. The van der Waals surface area contributed by atoms with Gasteiger partial charge in [-0.15, -0.1) is 0 Å². The van der Waals surface area contributed by atoms with E-state index < -0.39 is 5.97 Å². The molecule has 0 unspecified atom stereocenters. The molecule has 3 aromatic rings. The summed E-state index contributed by atoms with van der Waals surface area (Å²) in [5.74, 6) is -1.35. The highest BCUT2D eigenvalue weighted by Crippen LogP contribution is 2.26. The molecule has 0 bridgehead atoms. The molecule has 0 saturated carbocycles. The summed E-state index contributed by atoms with van der Waals surface area (Å²) in [5.41, 5.74) is 2.01. The second-order valence-electron chi connectivity index (χ2n) is 4.10. The SMILES string of the molecule is Cn1ccc2c(-c3ccncc3)nc(C(=O)O)nc21. The lowest BCUT2D eigenvalue weighted by molar-refractivity contribution is 0.0684. The molecule has 19 heavy (non-hydrogen) atoms. The summed E-state index contributed by atoms with van der Waals surface area (Å²) in [6.07, 6.45) is 5.12. The molecule has 0 atom stereocenters. The average Bonchev–Trinajstić information content (AvgIpc) is 2.80. The maximum Gasteiger partial charge on any atom is 0.374 e. The molecule has 0 spiro atoms. The van der Waals surface area contributed by atoms with Crippen molar-refractivity contribution in [1.82, 2.24) is 19.5 Å². The first-order chi connectivity index (χ1) is 9.16. The van der Waals surface area contributed by atoms with E-state index in [9.17, 15) is 4.79 Å². The summed E-state index contributed by atoms with van der Waals surface area (Å²) in [6, 6.07) is 5.46. The molecule has 6 heteroatoms. The van der Waals surface area contributed by atoms with Crippen LogP contribution in [0.4, 0.5) is 0 Å². The molecule has 3 rings (SSSR count). The van der Waals surface area contributed by atoms with Crippen LogP contribution in [-0.4, -0.2) is 30.6 Å². The second-order valence-corrected chi connectivity index (χ2v) is 4.10. The third-order valence-electron chi connectivity index (χ3n) is 2.87. The number of aryl methyl sites for hydroxylation is 1. The topological polar surface area (TPSA) is 80.9 Å². The molecular formula is C13H10N4O2. The van der Waals surface area contributed by atoms with Gasteiger partial charge in [0.1, 0.15) is 5.65 Å². The minimum Gasteiger partial charge on any atom is -0.475 e. The number of hydrogen-bond donors (Lipinski definition) is 1. The number of carboxylic acid groups (broad SMARTS) is 1. The number of aromatic carboxylic acids is 1. The van der Waals surface area contributed by atoms with Crippen molar-refractivity contribution in [2.45, 2.75) is 0 Å². The molecule has 0 aliphatic heterocycles. The number of carboxylic acids is 1. The standard InChI is InChI=1S/C13H10N4O2/c1-17-7-4-9-10(8-2-5-14-6-3-8)15-11(13(18)19)16-12(9)17/h2-7H,1H3,(H,18,19). The van der Waals surface area contributed by atoms with E-state index in [2.05, 4.69) is 15.0 Å². The summed E-state index contributed by atoms with van der Waals surface area (Å²) in [4.78, 5) is 23.3. The molecule has 1 N–H and O–H groups in total. The van der Waals surface area contributed by atoms with E-state index in [-0.39, 0.29) is 5.82 Å². The number of pyridine rings is 1. The van der Waals surface area contributed by atoms with Gasteiger partial charge in [0.15, 0.2) is 0 Å². The third kappa shape index (κ3) is 1.83. The average molecular weight is 254 g/mol. The molecule has 3 heterocycles. The van der Waals surface area contributed by atoms with Gasteiger partial charge in [-0.1, -0.05) is 0 Å². The molecular weight excluding hydrogens is 244 g/mol. The van der Waals surface area contributed by atoms with Crippen LogP contribution >= 0.6 is 0 Å². The van der Waals surface area contributed by atoms with Crippen LogP contribution in [-0.2, 0) is 7.05 Å². The van der Waals surface area contributed by atoms with Crippen molar-refractivity contribution >= 4 is 17.0 Å². The van der Waals surface area contributed by atoms with E-state index >= 15 is 0 Å². The lowest BCUT2D eigenvalue weighted by Gasteiger charge is -2.04. The molecule has 0 aromatic carbocycles. The van der Waals surface area contributed by atoms with Gasteiger partial charge in [0, 0.05) is 36.6 Å². The molecule has 0 aliphatic rings. The first kappa shape index (κ1) is 11.3. The molecule has 0 aliphatic carbocycles. The smallest absolute Gasteiger partial charge is 0.374 e. The predicted molar refractivity (Wildman–Crippen MR) is 68.7 cm³/mol. The predicted octanol–water partition coefficient (Wildman–Crippen LogP) is 1.73. The van der Waals surface area contributed by atoms with Gasteiger partial charge in [-0.05, 0) is 18.2 Å². The Bertz CT molecular complexity index is 765. The Morgan fingerprint density at radius 3 is 2.63 bits per heavy atom. The summed E-state index contributed by atoms with van der Waals surface area (Å²) in [5, 5.41) is 9.92. The summed E-state index contributed by atoms with van der Waals surface area (Å²) in [7, 11) is 1.82. The van der Waals surface area contributed by atoms with Crippen molar-refractivity contribution in [2.75, 3.05) is 0 Å². The zero-order valence-corrected chi connectivity index (χ0v) is 10.1. The Morgan fingerprint density at radius 2 is 1.95 bits per heavy atom. The molecule has 0 amide bonds. The Labute approximate surface area is 108 Å². The minimum atomic E-state index is -1.14. The zero-order chi connectivity index (χ0) is 13.4. The number of carbonyl (C=O) groups is 1. The van der Waals surface area contributed by atoms with E-state index in [1.54, 1.807) is 29.1 Å². The Kier molecular flexibility index (Phi) is 2.49. The zero-order valence-electron chi connectivity index (χ0n) is 10.1. The second kappa shape index (κ2) is 4.16. The highest BCUT2D eigenvalue weighted by molar-refractivity contribution is 5.94. The van der Waals surface area contributed by atoms with Crippen molar-refractivity contribution in [3.05, 3.63) is 42.6 Å². The number of hydrogen-bond acceptors (Lipinski definition) is 4. The Hall–Kier alpha value is -2.76. The fraction of sp³-hybridized carbons (Fsp3) is 0.0769. The maximum absolute atomic E-state index is 11.1. The van der Waals surface area contributed by atoms with Crippen LogP contribution in [0, 0.1) is 0 Å². The maximum atomic E-state index is 11.1. The van der Waals surface area contributed by atoms with Gasteiger partial charge in [-0.2, -0.15) is 0 Å². The van der Waals surface area contributed by atoms with Crippen LogP contribution in [0.3, 0.4) is 0 Å². The number of nitrogens with zero attached hydrogens (tertiary/aromatic N) is 4. The van der Waals surface area contributed by atoms with Crippen LogP contribution in [0.15, 0.2) is 36.8 Å². The first-order valence-electron chi connectivity index (χ1n) is 5.63. The van der Waals surface area contributed by atoms with Gasteiger partial charge in [-0.25, -0.2) is 14.8 Å². The monoisotopic (exact) mass is 254 g/mol. The van der Waals surface area contributed by atoms with Crippen molar-refractivity contribution in [3.8, 4) is 11.3 Å². The highest BCUT2D eigenvalue weighted by Gasteiger charge is 2.15. The number of aromatic nitrogens is 4. The highest BCUT2D eigenvalue weighted by atomic mass is 16.4. The lowest BCUT2D eigenvalue weighted by Crippen LogP contribution is -2.06. The first-order valence-corrected chi connectivity index (χ1v) is 5.63. The quantitative estimate of drug-likeness (QED) is 0.753. The third-order valence-corrected chi connectivity index (χ3v) is 2.87. The molecule has 3 aromatic heterocycles. The van der Waals surface area contributed by atoms with E-state index in [0.717, 1.165) is 10.9 Å². The van der Waals surface area contributed by atoms with Crippen molar-refractivity contribution in [3.63, 3.8) is 0 Å². The van der Waals surface area contributed by atoms with Gasteiger partial charge >= 0.3 is 5.97 Å².